The Hall–Kier alpha value is -1.69. The molecule has 0 saturated carbocycles. The number of rotatable bonds is 9. The lowest BCUT2D eigenvalue weighted by atomic mass is 10.0. The van der Waals surface area contributed by atoms with Gasteiger partial charge in [-0.3, -0.25) is 14.5 Å². The Morgan fingerprint density at radius 3 is 2.61 bits per heavy atom. The SMILES string of the molecule is CCn1nc(C)c(CN2CCN(CCCc3ccccc3)[C@H](CCO)C2)c1C. The molecular weight excluding hydrogens is 348 g/mol. The van der Waals surface area contributed by atoms with E-state index < -0.39 is 0 Å². The fourth-order valence-corrected chi connectivity index (χ4v) is 4.44. The number of aryl methyl sites for hydroxylation is 3. The van der Waals surface area contributed by atoms with Crippen LogP contribution >= 0.6 is 0 Å². The Kier molecular flexibility index (Phi) is 7.65. The average Bonchev–Trinajstić information content (AvgIpc) is 2.98. The van der Waals surface area contributed by atoms with Crippen molar-refractivity contribution in [3.05, 3.63) is 52.8 Å². The summed E-state index contributed by atoms with van der Waals surface area (Å²) in [6, 6.07) is 11.2. The van der Waals surface area contributed by atoms with E-state index in [-0.39, 0.29) is 6.61 Å². The average molecular weight is 385 g/mol. The fourth-order valence-electron chi connectivity index (χ4n) is 4.44. The molecule has 0 bridgehead atoms. The van der Waals surface area contributed by atoms with Crippen molar-refractivity contribution < 1.29 is 5.11 Å². The van der Waals surface area contributed by atoms with Crippen LogP contribution in [-0.2, 0) is 19.5 Å². The first kappa shape index (κ1) is 21.0. The second-order valence-electron chi connectivity index (χ2n) is 7.99. The van der Waals surface area contributed by atoms with Crippen molar-refractivity contribution in [2.45, 2.75) is 59.2 Å². The molecule has 1 N–H and O–H groups in total. The number of hydrogen-bond donors (Lipinski definition) is 1. The number of aliphatic hydroxyl groups excluding tert-OH is 1. The number of nitrogens with zero attached hydrogens (tertiary/aromatic N) is 4. The van der Waals surface area contributed by atoms with Gasteiger partial charge in [0.15, 0.2) is 0 Å². The zero-order valence-electron chi connectivity index (χ0n) is 17.8. The molecule has 1 aromatic carbocycles. The van der Waals surface area contributed by atoms with Gasteiger partial charge >= 0.3 is 0 Å². The molecule has 5 heteroatoms. The van der Waals surface area contributed by atoms with Gasteiger partial charge in [0.05, 0.1) is 5.69 Å². The van der Waals surface area contributed by atoms with E-state index in [2.05, 4.69) is 70.7 Å². The van der Waals surface area contributed by atoms with E-state index in [9.17, 15) is 5.11 Å². The van der Waals surface area contributed by atoms with Gasteiger partial charge in [-0.15, -0.1) is 0 Å². The minimum absolute atomic E-state index is 0.263. The molecule has 3 rings (SSSR count). The summed E-state index contributed by atoms with van der Waals surface area (Å²) in [5.74, 6) is 0. The zero-order chi connectivity index (χ0) is 19.9. The first-order valence-corrected chi connectivity index (χ1v) is 10.8. The van der Waals surface area contributed by atoms with Gasteiger partial charge in [-0.05, 0) is 52.1 Å². The van der Waals surface area contributed by atoms with Crippen LogP contribution in [0.15, 0.2) is 30.3 Å². The van der Waals surface area contributed by atoms with Crippen LogP contribution in [0.4, 0.5) is 0 Å². The van der Waals surface area contributed by atoms with Crippen molar-refractivity contribution in [3.63, 3.8) is 0 Å². The van der Waals surface area contributed by atoms with Crippen LogP contribution in [-0.4, -0.2) is 63.5 Å². The Balaban J connectivity index is 1.55. The monoisotopic (exact) mass is 384 g/mol. The molecule has 2 heterocycles. The Morgan fingerprint density at radius 1 is 1.14 bits per heavy atom. The van der Waals surface area contributed by atoms with Gasteiger partial charge in [-0.1, -0.05) is 30.3 Å². The molecule has 1 aliphatic heterocycles. The van der Waals surface area contributed by atoms with E-state index >= 15 is 0 Å². The van der Waals surface area contributed by atoms with E-state index in [4.69, 9.17) is 0 Å². The summed E-state index contributed by atoms with van der Waals surface area (Å²) < 4.78 is 2.11. The van der Waals surface area contributed by atoms with Crippen molar-refractivity contribution in [3.8, 4) is 0 Å². The lowest BCUT2D eigenvalue weighted by Crippen LogP contribution is -2.53. The molecule has 2 aromatic rings. The highest BCUT2D eigenvalue weighted by Gasteiger charge is 2.27. The van der Waals surface area contributed by atoms with Crippen LogP contribution in [0.1, 0.15) is 42.3 Å². The lowest BCUT2D eigenvalue weighted by Gasteiger charge is -2.41. The Labute approximate surface area is 170 Å². The summed E-state index contributed by atoms with van der Waals surface area (Å²) in [6.45, 7) is 12.9. The maximum atomic E-state index is 9.58. The van der Waals surface area contributed by atoms with E-state index in [1.54, 1.807) is 0 Å². The summed E-state index contributed by atoms with van der Waals surface area (Å²) in [6.07, 6.45) is 3.16. The topological polar surface area (TPSA) is 44.5 Å². The molecule has 0 radical (unpaired) electrons. The van der Waals surface area contributed by atoms with Gasteiger partial charge in [-0.25, -0.2) is 0 Å². The second kappa shape index (κ2) is 10.2. The molecule has 0 unspecified atom stereocenters. The fraction of sp³-hybridized carbons (Fsp3) is 0.609. The minimum atomic E-state index is 0.263. The van der Waals surface area contributed by atoms with E-state index in [0.29, 0.717) is 6.04 Å². The van der Waals surface area contributed by atoms with Gasteiger partial charge in [0.2, 0.25) is 0 Å². The predicted octanol–water partition coefficient (Wildman–Crippen LogP) is 3.02. The minimum Gasteiger partial charge on any atom is -0.396 e. The number of piperazine rings is 1. The molecule has 0 aliphatic carbocycles. The van der Waals surface area contributed by atoms with Crippen LogP contribution in [0.3, 0.4) is 0 Å². The number of aromatic nitrogens is 2. The van der Waals surface area contributed by atoms with E-state index in [0.717, 1.165) is 57.8 Å². The van der Waals surface area contributed by atoms with Crippen molar-refractivity contribution >= 4 is 0 Å². The van der Waals surface area contributed by atoms with Crippen LogP contribution < -0.4 is 0 Å². The summed E-state index contributed by atoms with van der Waals surface area (Å²) in [5.41, 5.74) is 5.24. The van der Waals surface area contributed by atoms with E-state index in [1.165, 1.54) is 23.2 Å². The highest BCUT2D eigenvalue weighted by Crippen LogP contribution is 2.20. The van der Waals surface area contributed by atoms with Gasteiger partial charge in [0, 0.05) is 56.6 Å². The largest absolute Gasteiger partial charge is 0.396 e. The number of aliphatic hydroxyl groups is 1. The first-order chi connectivity index (χ1) is 13.6. The lowest BCUT2D eigenvalue weighted by molar-refractivity contribution is 0.0545. The summed E-state index contributed by atoms with van der Waals surface area (Å²) >= 11 is 0. The Morgan fingerprint density at radius 2 is 1.93 bits per heavy atom. The summed E-state index contributed by atoms with van der Waals surface area (Å²) in [4.78, 5) is 5.13. The highest BCUT2D eigenvalue weighted by atomic mass is 16.3. The Bertz CT molecular complexity index is 728. The molecule has 1 aliphatic rings. The molecule has 0 spiro atoms. The van der Waals surface area contributed by atoms with Crippen LogP contribution in [0.5, 0.6) is 0 Å². The van der Waals surface area contributed by atoms with Crippen LogP contribution in [0.2, 0.25) is 0 Å². The second-order valence-corrected chi connectivity index (χ2v) is 7.99. The number of hydrogen-bond acceptors (Lipinski definition) is 4. The third-order valence-electron chi connectivity index (χ3n) is 6.12. The quantitative estimate of drug-likeness (QED) is 0.722. The molecule has 1 saturated heterocycles. The normalized spacial score (nSPS) is 18.6. The van der Waals surface area contributed by atoms with Crippen molar-refractivity contribution in [1.82, 2.24) is 19.6 Å². The third-order valence-corrected chi connectivity index (χ3v) is 6.12. The van der Waals surface area contributed by atoms with Crippen molar-refractivity contribution in [2.24, 2.45) is 0 Å². The first-order valence-electron chi connectivity index (χ1n) is 10.8. The highest BCUT2D eigenvalue weighted by molar-refractivity contribution is 5.24. The van der Waals surface area contributed by atoms with Crippen molar-refractivity contribution in [1.29, 1.82) is 0 Å². The molecule has 1 fully saturated rings. The van der Waals surface area contributed by atoms with Gasteiger partial charge in [0.1, 0.15) is 0 Å². The molecule has 1 atom stereocenters. The smallest absolute Gasteiger partial charge is 0.0641 e. The maximum Gasteiger partial charge on any atom is 0.0641 e. The van der Waals surface area contributed by atoms with E-state index in [1.807, 2.05) is 0 Å². The van der Waals surface area contributed by atoms with Gasteiger partial charge in [0.25, 0.3) is 0 Å². The van der Waals surface area contributed by atoms with Crippen LogP contribution in [0, 0.1) is 13.8 Å². The van der Waals surface area contributed by atoms with Gasteiger partial charge < -0.3 is 5.11 Å². The molecule has 28 heavy (non-hydrogen) atoms. The summed E-state index contributed by atoms with van der Waals surface area (Å²) in [7, 11) is 0. The zero-order valence-corrected chi connectivity index (χ0v) is 17.8. The van der Waals surface area contributed by atoms with Gasteiger partial charge in [-0.2, -0.15) is 5.10 Å². The predicted molar refractivity (Wildman–Crippen MR) is 114 cm³/mol. The molecule has 154 valence electrons. The third kappa shape index (κ3) is 5.22. The maximum absolute atomic E-state index is 9.58. The van der Waals surface area contributed by atoms with Crippen molar-refractivity contribution in [2.75, 3.05) is 32.8 Å². The molecule has 1 aromatic heterocycles. The molecule has 5 nitrogen and oxygen atoms in total. The van der Waals surface area contributed by atoms with Crippen LogP contribution in [0.25, 0.3) is 0 Å². The molecular formula is C23H36N4O. The number of benzene rings is 1. The molecule has 0 amide bonds. The standard InChI is InChI=1S/C23H36N4O/c1-4-27-20(3)23(19(2)24-27)18-25-14-15-26(22(17-25)12-16-28)13-8-11-21-9-6-5-7-10-21/h5-7,9-10,22,28H,4,8,11-18H2,1-3H3/t22-/m1/s1. The summed E-state index contributed by atoms with van der Waals surface area (Å²) in [5, 5.41) is 14.3.